The van der Waals surface area contributed by atoms with Gasteiger partial charge < -0.3 is 15.4 Å². The Morgan fingerprint density at radius 3 is 2.52 bits per heavy atom. The van der Waals surface area contributed by atoms with Crippen LogP contribution in [-0.4, -0.2) is 12.2 Å². The number of anilines is 2. The van der Waals surface area contributed by atoms with Crippen LogP contribution in [-0.2, 0) is 0 Å². The molecule has 0 aliphatic rings. The first kappa shape index (κ1) is 15.9. The summed E-state index contributed by atoms with van der Waals surface area (Å²) < 4.78 is 5.30. The van der Waals surface area contributed by atoms with Gasteiger partial charge in [0.2, 0.25) is 0 Å². The second kappa shape index (κ2) is 6.98. The van der Waals surface area contributed by atoms with Gasteiger partial charge in [0.15, 0.2) is 5.11 Å². The number of rotatable bonds is 3. The van der Waals surface area contributed by atoms with Crippen molar-refractivity contribution in [2.45, 2.75) is 6.92 Å². The Hall–Kier alpha value is -1.49. The van der Waals surface area contributed by atoms with Gasteiger partial charge in [0, 0.05) is 0 Å². The Balaban J connectivity index is 2.15. The van der Waals surface area contributed by atoms with Gasteiger partial charge in [0.1, 0.15) is 5.75 Å². The molecule has 0 atom stereocenters. The van der Waals surface area contributed by atoms with Gasteiger partial charge in [-0.25, -0.2) is 0 Å². The van der Waals surface area contributed by atoms with E-state index in [4.69, 9.17) is 40.2 Å². The molecule has 2 aromatic rings. The fourth-order valence-electron chi connectivity index (χ4n) is 1.80. The predicted molar refractivity (Wildman–Crippen MR) is 94.0 cm³/mol. The lowest BCUT2D eigenvalue weighted by Crippen LogP contribution is -2.19. The number of methoxy groups -OCH3 is 1. The van der Waals surface area contributed by atoms with E-state index in [1.165, 1.54) is 0 Å². The molecule has 2 rings (SSSR count). The Morgan fingerprint density at radius 2 is 1.81 bits per heavy atom. The van der Waals surface area contributed by atoms with Crippen LogP contribution >= 0.6 is 35.4 Å². The van der Waals surface area contributed by atoms with Crippen LogP contribution in [0.15, 0.2) is 36.4 Å². The highest BCUT2D eigenvalue weighted by Crippen LogP contribution is 2.30. The van der Waals surface area contributed by atoms with Gasteiger partial charge in [-0.15, -0.1) is 0 Å². The van der Waals surface area contributed by atoms with Crippen molar-refractivity contribution in [1.82, 2.24) is 0 Å². The summed E-state index contributed by atoms with van der Waals surface area (Å²) in [5.74, 6) is 0.710. The highest BCUT2D eigenvalue weighted by molar-refractivity contribution is 7.80. The third-order valence-corrected chi connectivity index (χ3v) is 3.83. The van der Waals surface area contributed by atoms with Gasteiger partial charge in [0.25, 0.3) is 0 Å². The summed E-state index contributed by atoms with van der Waals surface area (Å²) >= 11 is 17.4. The van der Waals surface area contributed by atoms with E-state index < -0.39 is 0 Å². The highest BCUT2D eigenvalue weighted by Gasteiger charge is 2.08. The summed E-state index contributed by atoms with van der Waals surface area (Å²) in [5, 5.41) is 7.42. The van der Waals surface area contributed by atoms with Crippen LogP contribution in [0.1, 0.15) is 5.56 Å². The van der Waals surface area contributed by atoms with Crippen molar-refractivity contribution in [3.63, 3.8) is 0 Å². The molecule has 0 aromatic heterocycles. The largest absolute Gasteiger partial charge is 0.495 e. The standard InChI is InChI=1S/C15H14Cl2N2OS/c1-9-6-7-13(20-2)12(8-9)19-15(21)18-11-5-3-4-10(16)14(11)17/h3-8H,1-2H3,(H2,18,19,21). The Morgan fingerprint density at radius 1 is 1.10 bits per heavy atom. The second-order valence-corrected chi connectivity index (χ2v) is 5.58. The van der Waals surface area contributed by atoms with Crippen LogP contribution in [0, 0.1) is 6.92 Å². The van der Waals surface area contributed by atoms with E-state index in [0.717, 1.165) is 11.3 Å². The summed E-state index contributed by atoms with van der Waals surface area (Å²) in [6.45, 7) is 1.99. The normalized spacial score (nSPS) is 10.1. The number of aryl methyl sites for hydroxylation is 1. The van der Waals surface area contributed by atoms with E-state index in [2.05, 4.69) is 10.6 Å². The van der Waals surface area contributed by atoms with Gasteiger partial charge in [-0.3, -0.25) is 0 Å². The zero-order chi connectivity index (χ0) is 15.4. The number of thiocarbonyl (C=S) groups is 1. The zero-order valence-electron chi connectivity index (χ0n) is 11.5. The van der Waals surface area contributed by atoms with Crippen LogP contribution in [0.5, 0.6) is 5.75 Å². The third-order valence-electron chi connectivity index (χ3n) is 2.80. The van der Waals surface area contributed by atoms with E-state index in [1.807, 2.05) is 25.1 Å². The Labute approximate surface area is 139 Å². The molecule has 0 aliphatic heterocycles. The predicted octanol–water partition coefficient (Wildman–Crippen LogP) is 5.12. The molecule has 0 saturated carbocycles. The molecular formula is C15H14Cl2N2OS. The molecule has 2 aromatic carbocycles. The maximum atomic E-state index is 6.12. The quantitative estimate of drug-likeness (QED) is 0.759. The van der Waals surface area contributed by atoms with Crippen LogP contribution in [0.25, 0.3) is 0 Å². The molecule has 0 spiro atoms. The first-order valence-electron chi connectivity index (χ1n) is 6.18. The van der Waals surface area contributed by atoms with Gasteiger partial charge in [-0.2, -0.15) is 0 Å². The molecule has 0 radical (unpaired) electrons. The van der Waals surface area contributed by atoms with Crippen molar-refractivity contribution in [2.75, 3.05) is 17.7 Å². The van der Waals surface area contributed by atoms with E-state index in [0.29, 0.717) is 26.6 Å². The molecule has 0 saturated heterocycles. The minimum Gasteiger partial charge on any atom is -0.495 e. The van der Waals surface area contributed by atoms with Crippen molar-refractivity contribution in [3.8, 4) is 5.75 Å². The van der Waals surface area contributed by atoms with E-state index in [9.17, 15) is 0 Å². The summed E-state index contributed by atoms with van der Waals surface area (Å²) in [4.78, 5) is 0. The maximum absolute atomic E-state index is 6.12. The maximum Gasteiger partial charge on any atom is 0.175 e. The van der Waals surface area contributed by atoms with Crippen molar-refractivity contribution < 1.29 is 4.74 Å². The summed E-state index contributed by atoms with van der Waals surface area (Å²) in [7, 11) is 1.61. The summed E-state index contributed by atoms with van der Waals surface area (Å²) in [5.41, 5.74) is 2.53. The highest BCUT2D eigenvalue weighted by atomic mass is 35.5. The molecule has 3 nitrogen and oxygen atoms in total. The monoisotopic (exact) mass is 340 g/mol. The van der Waals surface area contributed by atoms with E-state index in [1.54, 1.807) is 25.3 Å². The lowest BCUT2D eigenvalue weighted by Gasteiger charge is -2.15. The van der Waals surface area contributed by atoms with Crippen molar-refractivity contribution >= 4 is 51.9 Å². The van der Waals surface area contributed by atoms with Crippen LogP contribution < -0.4 is 15.4 Å². The second-order valence-electron chi connectivity index (χ2n) is 4.38. The average molecular weight is 341 g/mol. The van der Waals surface area contributed by atoms with Crippen molar-refractivity contribution in [1.29, 1.82) is 0 Å². The fraction of sp³-hybridized carbons (Fsp3) is 0.133. The minimum atomic E-state index is 0.406. The fourth-order valence-corrected chi connectivity index (χ4v) is 2.36. The summed E-state index contributed by atoms with van der Waals surface area (Å²) in [6, 6.07) is 11.1. The number of halogens is 2. The zero-order valence-corrected chi connectivity index (χ0v) is 13.9. The average Bonchev–Trinajstić information content (AvgIpc) is 2.44. The molecule has 0 amide bonds. The van der Waals surface area contributed by atoms with Crippen molar-refractivity contribution in [2.24, 2.45) is 0 Å². The van der Waals surface area contributed by atoms with Crippen molar-refractivity contribution in [3.05, 3.63) is 52.0 Å². The van der Waals surface area contributed by atoms with Gasteiger partial charge in [-0.05, 0) is 49.0 Å². The first-order valence-corrected chi connectivity index (χ1v) is 7.34. The molecular weight excluding hydrogens is 327 g/mol. The number of hydrogen-bond acceptors (Lipinski definition) is 2. The van der Waals surface area contributed by atoms with Crippen LogP contribution in [0.4, 0.5) is 11.4 Å². The molecule has 110 valence electrons. The molecule has 21 heavy (non-hydrogen) atoms. The summed E-state index contributed by atoms with van der Waals surface area (Å²) in [6.07, 6.45) is 0. The molecule has 0 bridgehead atoms. The number of hydrogen-bond donors (Lipinski definition) is 2. The number of ether oxygens (including phenoxy) is 1. The molecule has 6 heteroatoms. The van der Waals surface area contributed by atoms with E-state index >= 15 is 0 Å². The Bertz CT molecular complexity index is 677. The van der Waals surface area contributed by atoms with Gasteiger partial charge in [-0.1, -0.05) is 35.3 Å². The van der Waals surface area contributed by atoms with Gasteiger partial charge >= 0.3 is 0 Å². The topological polar surface area (TPSA) is 33.3 Å². The van der Waals surface area contributed by atoms with Crippen LogP contribution in [0.3, 0.4) is 0 Å². The first-order chi connectivity index (χ1) is 10.0. The van der Waals surface area contributed by atoms with Gasteiger partial charge in [0.05, 0.1) is 28.5 Å². The SMILES string of the molecule is COc1ccc(C)cc1NC(=S)Nc1cccc(Cl)c1Cl. The lowest BCUT2D eigenvalue weighted by atomic mass is 10.2. The lowest BCUT2D eigenvalue weighted by molar-refractivity contribution is 0.417. The van der Waals surface area contributed by atoms with Crippen LogP contribution in [0.2, 0.25) is 10.0 Å². The minimum absolute atomic E-state index is 0.406. The third kappa shape index (κ3) is 4.00. The number of benzene rings is 2. The Kier molecular flexibility index (Phi) is 5.28. The molecule has 0 aliphatic carbocycles. The smallest absolute Gasteiger partial charge is 0.175 e. The number of nitrogens with one attached hydrogen (secondary N) is 2. The molecule has 2 N–H and O–H groups in total. The molecule has 0 heterocycles. The van der Waals surface area contributed by atoms with E-state index in [-0.39, 0.29) is 0 Å². The molecule has 0 fully saturated rings. The molecule has 0 unspecified atom stereocenters.